The fourth-order valence-corrected chi connectivity index (χ4v) is 3.21. The van der Waals surface area contributed by atoms with Crippen LogP contribution in [0.15, 0.2) is 33.1 Å². The highest BCUT2D eigenvalue weighted by molar-refractivity contribution is 9.10. The summed E-state index contributed by atoms with van der Waals surface area (Å²) in [7, 11) is 1.80. The van der Waals surface area contributed by atoms with E-state index in [9.17, 15) is 5.11 Å². The minimum atomic E-state index is -0.550. The molecule has 0 amide bonds. The predicted octanol–water partition coefficient (Wildman–Crippen LogP) is 2.87. The van der Waals surface area contributed by atoms with Gasteiger partial charge in [-0.25, -0.2) is 0 Å². The van der Waals surface area contributed by atoms with E-state index in [2.05, 4.69) is 31.4 Å². The number of thioether (sulfide) groups is 1. The van der Waals surface area contributed by atoms with Crippen LogP contribution < -0.4 is 10.1 Å². The van der Waals surface area contributed by atoms with Crippen LogP contribution >= 0.6 is 39.0 Å². The summed E-state index contributed by atoms with van der Waals surface area (Å²) in [4.78, 5) is 0. The molecule has 1 heterocycles. The number of ether oxygens (including phenoxy) is 1. The number of nitrogens with one attached hydrogen (secondary N) is 1. The van der Waals surface area contributed by atoms with E-state index < -0.39 is 6.10 Å². The molecule has 1 unspecified atom stereocenters. The van der Waals surface area contributed by atoms with Gasteiger partial charge in [0.05, 0.1) is 6.10 Å². The van der Waals surface area contributed by atoms with Crippen LogP contribution in [0.4, 0.5) is 5.13 Å². The van der Waals surface area contributed by atoms with Crippen molar-refractivity contribution < 1.29 is 9.84 Å². The highest BCUT2D eigenvalue weighted by atomic mass is 79.9. The molecule has 1 aromatic heterocycles. The minimum Gasteiger partial charge on any atom is -0.491 e. The van der Waals surface area contributed by atoms with Gasteiger partial charge < -0.3 is 15.2 Å². The first-order chi connectivity index (χ1) is 9.67. The van der Waals surface area contributed by atoms with Gasteiger partial charge in [-0.2, -0.15) is 0 Å². The van der Waals surface area contributed by atoms with E-state index >= 15 is 0 Å². The molecule has 0 saturated carbocycles. The summed E-state index contributed by atoms with van der Waals surface area (Å²) in [6.07, 6.45) is -0.550. The van der Waals surface area contributed by atoms with E-state index in [0.717, 1.165) is 19.7 Å². The van der Waals surface area contributed by atoms with Gasteiger partial charge in [0.2, 0.25) is 5.13 Å². The van der Waals surface area contributed by atoms with Gasteiger partial charge >= 0.3 is 0 Å². The molecule has 8 heteroatoms. The molecule has 0 spiro atoms. The van der Waals surface area contributed by atoms with Crippen molar-refractivity contribution in [2.75, 3.05) is 24.7 Å². The van der Waals surface area contributed by atoms with Crippen molar-refractivity contribution in [1.29, 1.82) is 0 Å². The lowest BCUT2D eigenvalue weighted by molar-refractivity contribution is 0.126. The standard InChI is InChI=1S/C12H14BrN3O2S2/c1-14-11-15-16-12(20-11)19-7-9(17)6-18-10-4-2-8(13)3-5-10/h2-5,9,17H,6-7H2,1H3,(H,14,15). The van der Waals surface area contributed by atoms with Crippen LogP contribution in [-0.4, -0.2) is 40.8 Å². The lowest BCUT2D eigenvalue weighted by atomic mass is 10.3. The summed E-state index contributed by atoms with van der Waals surface area (Å²) in [6, 6.07) is 7.51. The van der Waals surface area contributed by atoms with E-state index in [4.69, 9.17) is 4.74 Å². The number of rotatable bonds is 7. The summed E-state index contributed by atoms with van der Waals surface area (Å²) in [5, 5.41) is 21.5. The third-order valence-electron chi connectivity index (χ3n) is 2.28. The van der Waals surface area contributed by atoms with Crippen LogP contribution in [-0.2, 0) is 0 Å². The molecular weight excluding hydrogens is 362 g/mol. The van der Waals surface area contributed by atoms with Crippen molar-refractivity contribution in [2.24, 2.45) is 0 Å². The Balaban J connectivity index is 1.72. The Kier molecular flexibility index (Phi) is 6.08. The zero-order valence-electron chi connectivity index (χ0n) is 10.7. The van der Waals surface area contributed by atoms with Gasteiger partial charge in [-0.05, 0) is 24.3 Å². The van der Waals surface area contributed by atoms with Crippen molar-refractivity contribution in [3.05, 3.63) is 28.7 Å². The summed E-state index contributed by atoms with van der Waals surface area (Å²) < 4.78 is 7.34. The Morgan fingerprint density at radius 3 is 2.80 bits per heavy atom. The van der Waals surface area contributed by atoms with Gasteiger partial charge in [-0.3, -0.25) is 0 Å². The number of nitrogens with zero attached hydrogens (tertiary/aromatic N) is 2. The monoisotopic (exact) mass is 375 g/mol. The summed E-state index contributed by atoms with van der Waals surface area (Å²) >= 11 is 6.29. The van der Waals surface area contributed by atoms with Crippen molar-refractivity contribution in [3.8, 4) is 5.75 Å². The molecule has 108 valence electrons. The van der Waals surface area contributed by atoms with E-state index in [-0.39, 0.29) is 6.61 Å². The molecule has 0 bridgehead atoms. The fourth-order valence-electron chi connectivity index (χ4n) is 1.31. The average molecular weight is 376 g/mol. The maximum absolute atomic E-state index is 9.88. The second kappa shape index (κ2) is 7.82. The number of hydrogen-bond acceptors (Lipinski definition) is 7. The lowest BCUT2D eigenvalue weighted by Crippen LogP contribution is -2.19. The molecule has 0 radical (unpaired) electrons. The summed E-state index contributed by atoms with van der Waals surface area (Å²) in [6.45, 7) is 0.256. The SMILES string of the molecule is CNc1nnc(SCC(O)COc2ccc(Br)cc2)s1. The quantitative estimate of drug-likeness (QED) is 0.725. The molecule has 0 aliphatic carbocycles. The number of aliphatic hydroxyl groups excluding tert-OH is 1. The molecule has 5 nitrogen and oxygen atoms in total. The third-order valence-corrected chi connectivity index (χ3v) is 5.02. The first-order valence-corrected chi connectivity index (χ1v) is 8.47. The molecule has 1 atom stereocenters. The highest BCUT2D eigenvalue weighted by Crippen LogP contribution is 2.25. The van der Waals surface area contributed by atoms with Gasteiger partial charge in [0, 0.05) is 17.3 Å². The molecule has 0 aliphatic heterocycles. The largest absolute Gasteiger partial charge is 0.491 e. The summed E-state index contributed by atoms with van der Waals surface area (Å²) in [5.74, 6) is 1.26. The molecule has 0 aliphatic rings. The van der Waals surface area contributed by atoms with E-state index in [1.54, 1.807) is 7.05 Å². The fraction of sp³-hybridized carbons (Fsp3) is 0.333. The topological polar surface area (TPSA) is 67.3 Å². The van der Waals surface area contributed by atoms with Crippen molar-refractivity contribution in [2.45, 2.75) is 10.4 Å². The number of anilines is 1. The first-order valence-electron chi connectivity index (χ1n) is 5.88. The molecule has 2 rings (SSSR count). The van der Waals surface area contributed by atoms with Gasteiger partial charge in [0.1, 0.15) is 12.4 Å². The van der Waals surface area contributed by atoms with Crippen molar-refractivity contribution in [3.63, 3.8) is 0 Å². The number of aromatic nitrogens is 2. The molecule has 1 aromatic carbocycles. The van der Waals surface area contributed by atoms with Gasteiger partial charge in [-0.15, -0.1) is 10.2 Å². The Morgan fingerprint density at radius 1 is 1.40 bits per heavy atom. The molecule has 0 fully saturated rings. The van der Waals surface area contributed by atoms with E-state index in [1.165, 1.54) is 23.1 Å². The molecule has 0 saturated heterocycles. The number of halogens is 1. The average Bonchev–Trinajstić information content (AvgIpc) is 2.92. The van der Waals surface area contributed by atoms with Gasteiger partial charge in [-0.1, -0.05) is 39.0 Å². The molecule has 2 aromatic rings. The Labute approximate surface area is 133 Å². The predicted molar refractivity (Wildman–Crippen MR) is 85.8 cm³/mol. The minimum absolute atomic E-state index is 0.256. The zero-order valence-corrected chi connectivity index (χ0v) is 14.0. The van der Waals surface area contributed by atoms with Crippen molar-refractivity contribution in [1.82, 2.24) is 10.2 Å². The van der Waals surface area contributed by atoms with E-state index in [1.807, 2.05) is 24.3 Å². The van der Waals surface area contributed by atoms with Crippen LogP contribution in [0.2, 0.25) is 0 Å². The van der Waals surface area contributed by atoms with Crippen LogP contribution in [0.1, 0.15) is 0 Å². The highest BCUT2D eigenvalue weighted by Gasteiger charge is 2.09. The zero-order chi connectivity index (χ0) is 14.4. The summed E-state index contributed by atoms with van der Waals surface area (Å²) in [5.41, 5.74) is 0. The van der Waals surface area contributed by atoms with Gasteiger partial charge in [0.25, 0.3) is 0 Å². The molecular formula is C12H14BrN3O2S2. The molecule has 2 N–H and O–H groups in total. The normalized spacial score (nSPS) is 12.2. The number of benzene rings is 1. The Hall–Kier alpha value is -0.830. The molecule has 20 heavy (non-hydrogen) atoms. The first kappa shape index (κ1) is 15.6. The van der Waals surface area contributed by atoms with Gasteiger partial charge in [0.15, 0.2) is 4.34 Å². The Morgan fingerprint density at radius 2 is 2.15 bits per heavy atom. The maximum Gasteiger partial charge on any atom is 0.206 e. The van der Waals surface area contributed by atoms with E-state index in [0.29, 0.717) is 5.75 Å². The maximum atomic E-state index is 9.88. The van der Waals surface area contributed by atoms with Crippen LogP contribution in [0.5, 0.6) is 5.75 Å². The van der Waals surface area contributed by atoms with Crippen LogP contribution in [0, 0.1) is 0 Å². The smallest absolute Gasteiger partial charge is 0.206 e. The Bertz CT molecular complexity index is 536. The van der Waals surface area contributed by atoms with Crippen molar-refractivity contribution >= 4 is 44.2 Å². The second-order valence-corrected chi connectivity index (χ2v) is 7.01. The number of aliphatic hydroxyl groups is 1. The van der Waals surface area contributed by atoms with Crippen LogP contribution in [0.25, 0.3) is 0 Å². The second-order valence-electron chi connectivity index (χ2n) is 3.85. The lowest BCUT2D eigenvalue weighted by Gasteiger charge is -2.11. The third kappa shape index (κ3) is 4.93. The van der Waals surface area contributed by atoms with Crippen LogP contribution in [0.3, 0.4) is 0 Å². The number of hydrogen-bond donors (Lipinski definition) is 2.